The summed E-state index contributed by atoms with van der Waals surface area (Å²) in [5, 5.41) is 0. The third-order valence-corrected chi connectivity index (χ3v) is 3.46. The number of alkyl halides is 1. The standard InChI is InChI=1S/C16H17IO/c17-10-5-11-18-16-9-4-8-15(13-16)12-14-6-2-1-3-7-14/h1-4,6-9,13H,5,10-12H2. The summed E-state index contributed by atoms with van der Waals surface area (Å²) in [6.07, 6.45) is 2.06. The molecular weight excluding hydrogens is 335 g/mol. The molecule has 0 saturated carbocycles. The van der Waals surface area contributed by atoms with Gasteiger partial charge in [0.2, 0.25) is 0 Å². The number of ether oxygens (including phenoxy) is 1. The number of halogens is 1. The summed E-state index contributed by atoms with van der Waals surface area (Å²) < 4.78 is 6.86. The molecule has 0 aliphatic carbocycles. The molecule has 0 fully saturated rings. The van der Waals surface area contributed by atoms with Gasteiger partial charge in [0, 0.05) is 4.43 Å². The highest BCUT2D eigenvalue weighted by Crippen LogP contribution is 2.16. The summed E-state index contributed by atoms with van der Waals surface area (Å²) in [4.78, 5) is 0. The van der Waals surface area contributed by atoms with Crippen molar-refractivity contribution in [1.82, 2.24) is 0 Å². The van der Waals surface area contributed by atoms with Crippen LogP contribution in [0.4, 0.5) is 0 Å². The Morgan fingerprint density at radius 1 is 0.889 bits per heavy atom. The fourth-order valence-electron chi connectivity index (χ4n) is 1.82. The zero-order chi connectivity index (χ0) is 12.6. The molecule has 0 aromatic heterocycles. The van der Waals surface area contributed by atoms with Gasteiger partial charge >= 0.3 is 0 Å². The van der Waals surface area contributed by atoms with E-state index in [1.54, 1.807) is 0 Å². The molecule has 2 rings (SSSR count). The van der Waals surface area contributed by atoms with Gasteiger partial charge in [-0.3, -0.25) is 0 Å². The van der Waals surface area contributed by atoms with Crippen LogP contribution in [0, 0.1) is 0 Å². The summed E-state index contributed by atoms with van der Waals surface area (Å²) in [7, 11) is 0. The van der Waals surface area contributed by atoms with Gasteiger partial charge in [-0.05, 0) is 36.1 Å². The smallest absolute Gasteiger partial charge is 0.119 e. The van der Waals surface area contributed by atoms with E-state index in [-0.39, 0.29) is 0 Å². The van der Waals surface area contributed by atoms with Crippen LogP contribution in [0.2, 0.25) is 0 Å². The van der Waals surface area contributed by atoms with Gasteiger partial charge in [-0.25, -0.2) is 0 Å². The second-order valence-electron chi connectivity index (χ2n) is 4.20. The number of hydrogen-bond donors (Lipinski definition) is 0. The second kappa shape index (κ2) is 7.41. The fourth-order valence-corrected chi connectivity index (χ4v) is 2.13. The van der Waals surface area contributed by atoms with Gasteiger partial charge in [-0.1, -0.05) is 65.1 Å². The highest BCUT2D eigenvalue weighted by molar-refractivity contribution is 14.1. The van der Waals surface area contributed by atoms with E-state index in [1.165, 1.54) is 11.1 Å². The highest BCUT2D eigenvalue weighted by Gasteiger charge is 1.98. The van der Waals surface area contributed by atoms with Gasteiger partial charge in [0.25, 0.3) is 0 Å². The van der Waals surface area contributed by atoms with Crippen LogP contribution in [0.1, 0.15) is 17.5 Å². The summed E-state index contributed by atoms with van der Waals surface area (Å²) >= 11 is 2.37. The molecule has 0 atom stereocenters. The minimum Gasteiger partial charge on any atom is -0.494 e. The fraction of sp³-hybridized carbons (Fsp3) is 0.250. The van der Waals surface area contributed by atoms with E-state index in [9.17, 15) is 0 Å². The monoisotopic (exact) mass is 352 g/mol. The van der Waals surface area contributed by atoms with Gasteiger partial charge in [0.1, 0.15) is 5.75 Å². The van der Waals surface area contributed by atoms with Crippen molar-refractivity contribution < 1.29 is 4.74 Å². The molecule has 94 valence electrons. The molecule has 0 heterocycles. The zero-order valence-corrected chi connectivity index (χ0v) is 12.5. The van der Waals surface area contributed by atoms with Gasteiger partial charge in [-0.2, -0.15) is 0 Å². The number of hydrogen-bond acceptors (Lipinski definition) is 1. The van der Waals surface area contributed by atoms with Crippen molar-refractivity contribution in [3.05, 3.63) is 65.7 Å². The minimum absolute atomic E-state index is 0.803. The quantitative estimate of drug-likeness (QED) is 0.423. The number of rotatable bonds is 6. The molecule has 2 heteroatoms. The molecule has 0 bridgehead atoms. The first-order valence-corrected chi connectivity index (χ1v) is 7.72. The average molecular weight is 352 g/mol. The first-order valence-electron chi connectivity index (χ1n) is 6.20. The Balaban J connectivity index is 1.99. The van der Waals surface area contributed by atoms with Crippen molar-refractivity contribution in [1.29, 1.82) is 0 Å². The number of benzene rings is 2. The first kappa shape index (κ1) is 13.4. The van der Waals surface area contributed by atoms with Crippen LogP contribution >= 0.6 is 22.6 Å². The summed E-state index contributed by atoms with van der Waals surface area (Å²) in [6.45, 7) is 0.803. The molecule has 18 heavy (non-hydrogen) atoms. The summed E-state index contributed by atoms with van der Waals surface area (Å²) in [6, 6.07) is 18.9. The molecule has 0 radical (unpaired) electrons. The predicted octanol–water partition coefficient (Wildman–Crippen LogP) is 4.48. The molecule has 0 aliphatic rings. The Labute approximate surface area is 122 Å². The van der Waals surface area contributed by atoms with Crippen LogP contribution in [0.3, 0.4) is 0 Å². The molecule has 0 aliphatic heterocycles. The van der Waals surface area contributed by atoms with E-state index in [0.29, 0.717) is 0 Å². The average Bonchev–Trinajstić information content (AvgIpc) is 2.41. The van der Waals surface area contributed by atoms with Gasteiger partial charge in [0.15, 0.2) is 0 Å². The van der Waals surface area contributed by atoms with Crippen LogP contribution in [0.25, 0.3) is 0 Å². The molecule has 2 aromatic carbocycles. The van der Waals surface area contributed by atoms with E-state index in [1.807, 2.05) is 12.1 Å². The van der Waals surface area contributed by atoms with Gasteiger partial charge in [-0.15, -0.1) is 0 Å². The lowest BCUT2D eigenvalue weighted by molar-refractivity contribution is 0.319. The third-order valence-electron chi connectivity index (χ3n) is 2.70. The molecule has 2 aromatic rings. The molecule has 0 unspecified atom stereocenters. The summed E-state index contributed by atoms with van der Waals surface area (Å²) in [5.41, 5.74) is 2.63. The van der Waals surface area contributed by atoms with E-state index in [0.717, 1.165) is 29.6 Å². The molecule has 0 spiro atoms. The first-order chi connectivity index (χ1) is 8.88. The van der Waals surface area contributed by atoms with E-state index >= 15 is 0 Å². The summed E-state index contributed by atoms with van der Waals surface area (Å²) in [5.74, 6) is 0.980. The van der Waals surface area contributed by atoms with E-state index < -0.39 is 0 Å². The molecule has 0 saturated heterocycles. The van der Waals surface area contributed by atoms with Crippen LogP contribution in [-0.4, -0.2) is 11.0 Å². The Kier molecular flexibility index (Phi) is 5.52. The van der Waals surface area contributed by atoms with Crippen LogP contribution < -0.4 is 4.74 Å². The lowest BCUT2D eigenvalue weighted by Crippen LogP contribution is -1.98. The predicted molar refractivity (Wildman–Crippen MR) is 84.7 cm³/mol. The lowest BCUT2D eigenvalue weighted by atomic mass is 10.1. The topological polar surface area (TPSA) is 9.23 Å². The van der Waals surface area contributed by atoms with E-state index in [4.69, 9.17) is 4.74 Å². The van der Waals surface area contributed by atoms with Crippen molar-refractivity contribution >= 4 is 22.6 Å². The maximum absolute atomic E-state index is 5.72. The maximum atomic E-state index is 5.72. The zero-order valence-electron chi connectivity index (χ0n) is 10.3. The van der Waals surface area contributed by atoms with Gasteiger partial charge < -0.3 is 4.74 Å². The second-order valence-corrected chi connectivity index (χ2v) is 5.28. The van der Waals surface area contributed by atoms with Gasteiger partial charge in [0.05, 0.1) is 6.61 Å². The largest absolute Gasteiger partial charge is 0.494 e. The van der Waals surface area contributed by atoms with Crippen molar-refractivity contribution in [3.63, 3.8) is 0 Å². The van der Waals surface area contributed by atoms with Crippen LogP contribution in [0.15, 0.2) is 54.6 Å². The Bertz CT molecular complexity index is 468. The van der Waals surface area contributed by atoms with Crippen molar-refractivity contribution in [2.24, 2.45) is 0 Å². The third kappa shape index (κ3) is 4.33. The Hall–Kier alpha value is -1.03. The van der Waals surface area contributed by atoms with Crippen LogP contribution in [-0.2, 0) is 6.42 Å². The van der Waals surface area contributed by atoms with Crippen molar-refractivity contribution in [3.8, 4) is 5.75 Å². The molecule has 0 amide bonds. The lowest BCUT2D eigenvalue weighted by Gasteiger charge is -2.07. The van der Waals surface area contributed by atoms with Crippen molar-refractivity contribution in [2.75, 3.05) is 11.0 Å². The minimum atomic E-state index is 0.803. The molecule has 0 N–H and O–H groups in total. The molecule has 1 nitrogen and oxygen atoms in total. The highest BCUT2D eigenvalue weighted by atomic mass is 127. The van der Waals surface area contributed by atoms with Crippen LogP contribution in [0.5, 0.6) is 5.75 Å². The normalized spacial score (nSPS) is 10.3. The Morgan fingerprint density at radius 3 is 2.44 bits per heavy atom. The van der Waals surface area contributed by atoms with Crippen molar-refractivity contribution in [2.45, 2.75) is 12.8 Å². The molecular formula is C16H17IO. The van der Waals surface area contributed by atoms with E-state index in [2.05, 4.69) is 65.1 Å². The Morgan fingerprint density at radius 2 is 1.67 bits per heavy atom. The SMILES string of the molecule is ICCCOc1cccc(Cc2ccccc2)c1. The maximum Gasteiger partial charge on any atom is 0.119 e.